The van der Waals surface area contributed by atoms with Crippen LogP contribution in [-0.4, -0.2) is 87.8 Å². The van der Waals surface area contributed by atoms with Crippen molar-refractivity contribution in [2.75, 3.05) is 18.4 Å². The second-order valence-corrected chi connectivity index (χ2v) is 15.7. The van der Waals surface area contributed by atoms with Gasteiger partial charge in [-0.2, -0.15) is 13.2 Å². The van der Waals surface area contributed by atoms with Crippen molar-refractivity contribution >= 4 is 29.6 Å². The molecule has 2 saturated carbocycles. The van der Waals surface area contributed by atoms with Crippen molar-refractivity contribution in [2.24, 2.45) is 29.1 Å². The number of benzene rings is 1. The number of alkyl halides is 4. The lowest BCUT2D eigenvalue weighted by atomic mass is 9.77. The summed E-state index contributed by atoms with van der Waals surface area (Å²) in [7, 11) is 0. The lowest BCUT2D eigenvalue weighted by molar-refractivity contribution is -0.206. The predicted octanol–water partition coefficient (Wildman–Crippen LogP) is 5.04. The Morgan fingerprint density at radius 2 is 1.78 bits per heavy atom. The monoisotopic (exact) mass is 715 g/mol. The van der Waals surface area contributed by atoms with Gasteiger partial charge in [-0.3, -0.25) is 14.4 Å². The minimum atomic E-state index is -4.94. The van der Waals surface area contributed by atoms with Gasteiger partial charge in [0.2, 0.25) is 23.5 Å². The zero-order chi connectivity index (χ0) is 36.6. The van der Waals surface area contributed by atoms with Crippen LogP contribution in [0.15, 0.2) is 48.7 Å². The molecule has 274 valence electrons. The van der Waals surface area contributed by atoms with Gasteiger partial charge in [0.15, 0.2) is 11.6 Å². The zero-order valence-corrected chi connectivity index (χ0v) is 28.7. The highest BCUT2D eigenvalue weighted by atomic mass is 19.4. The van der Waals surface area contributed by atoms with E-state index >= 15 is 4.39 Å². The summed E-state index contributed by atoms with van der Waals surface area (Å²) >= 11 is 0. The van der Waals surface area contributed by atoms with E-state index in [0.717, 1.165) is 0 Å². The van der Waals surface area contributed by atoms with Crippen LogP contribution < -0.4 is 15.4 Å². The number of aromatic nitrogens is 1. The van der Waals surface area contributed by atoms with E-state index in [1.807, 2.05) is 0 Å². The Balaban J connectivity index is 1.16. The van der Waals surface area contributed by atoms with Crippen molar-refractivity contribution in [1.29, 1.82) is 0 Å². The van der Waals surface area contributed by atoms with Gasteiger partial charge in [0.25, 0.3) is 5.91 Å². The fourth-order valence-electron chi connectivity index (χ4n) is 9.11. The minimum Gasteiger partial charge on any atom is -0.472 e. The van der Waals surface area contributed by atoms with Crippen molar-refractivity contribution < 1.29 is 46.2 Å². The first-order chi connectivity index (χ1) is 24.0. The van der Waals surface area contributed by atoms with E-state index in [1.54, 1.807) is 39.8 Å². The van der Waals surface area contributed by atoms with Gasteiger partial charge in [-0.05, 0) is 61.0 Å². The Labute approximate surface area is 292 Å². The van der Waals surface area contributed by atoms with E-state index in [-0.39, 0.29) is 42.7 Å². The maximum Gasteiger partial charge on any atom is 0.429 e. The molecule has 2 saturated heterocycles. The molecule has 5 aliphatic rings. The number of amides is 4. The Hall–Kier alpha value is -4.43. The predicted molar refractivity (Wildman–Crippen MR) is 174 cm³/mol. The van der Waals surface area contributed by atoms with Crippen molar-refractivity contribution in [3.05, 3.63) is 54.2 Å². The van der Waals surface area contributed by atoms with Crippen LogP contribution in [0.3, 0.4) is 0 Å². The topological polar surface area (TPSA) is 130 Å². The molecule has 0 unspecified atom stereocenters. The van der Waals surface area contributed by atoms with Crippen molar-refractivity contribution in [3.8, 4) is 5.75 Å². The van der Waals surface area contributed by atoms with Crippen LogP contribution in [0, 0.1) is 29.1 Å². The summed E-state index contributed by atoms with van der Waals surface area (Å²) in [6.45, 7) is 6.69. The number of anilines is 1. The summed E-state index contributed by atoms with van der Waals surface area (Å²) in [5, 5.41) is 5.16. The van der Waals surface area contributed by atoms with E-state index in [9.17, 15) is 32.3 Å². The van der Waals surface area contributed by atoms with E-state index in [1.165, 1.54) is 46.3 Å². The zero-order valence-electron chi connectivity index (χ0n) is 28.7. The summed E-state index contributed by atoms with van der Waals surface area (Å²) in [6, 6.07) is 6.98. The van der Waals surface area contributed by atoms with Gasteiger partial charge in [-0.25, -0.2) is 14.2 Å². The molecule has 4 heterocycles. The third-order valence-corrected chi connectivity index (χ3v) is 11.4. The molecule has 7 rings (SSSR count). The molecule has 4 amide bonds. The van der Waals surface area contributed by atoms with E-state index in [2.05, 4.69) is 15.6 Å². The molecule has 2 N–H and O–H groups in total. The first-order valence-corrected chi connectivity index (χ1v) is 17.3. The smallest absolute Gasteiger partial charge is 0.429 e. The van der Waals surface area contributed by atoms with E-state index in [4.69, 9.17) is 9.47 Å². The van der Waals surface area contributed by atoms with Gasteiger partial charge in [0, 0.05) is 30.8 Å². The first-order valence-electron chi connectivity index (χ1n) is 17.3. The third-order valence-electron chi connectivity index (χ3n) is 11.4. The normalized spacial score (nSPS) is 32.2. The van der Waals surface area contributed by atoms with Crippen LogP contribution in [0.1, 0.15) is 58.6 Å². The molecule has 51 heavy (non-hydrogen) atoms. The van der Waals surface area contributed by atoms with Crippen LogP contribution in [-0.2, 0) is 19.1 Å². The van der Waals surface area contributed by atoms with E-state index in [0.29, 0.717) is 18.6 Å². The largest absolute Gasteiger partial charge is 0.472 e. The van der Waals surface area contributed by atoms with Crippen molar-refractivity contribution in [3.63, 3.8) is 0 Å². The fraction of sp³-hybridized carbons (Fsp3) is 0.583. The summed E-state index contributed by atoms with van der Waals surface area (Å²) in [5.74, 6) is -2.19. The Morgan fingerprint density at radius 1 is 1.06 bits per heavy atom. The van der Waals surface area contributed by atoms with Crippen LogP contribution >= 0.6 is 0 Å². The number of halogens is 4. The highest BCUT2D eigenvalue weighted by Crippen LogP contribution is 2.59. The van der Waals surface area contributed by atoms with Gasteiger partial charge in [-0.15, -0.1) is 0 Å². The second kappa shape index (κ2) is 12.4. The number of hydrogen-bond acceptors (Lipinski definition) is 7. The molecule has 2 aliphatic carbocycles. The first kappa shape index (κ1) is 35.0. The van der Waals surface area contributed by atoms with Crippen LogP contribution in [0.4, 0.5) is 28.2 Å². The molecule has 11 nitrogen and oxygen atoms in total. The SMILES string of the molecule is C[C@@H]1C[C@]2(CN1C(=O)[C@@H]1[C@@H]3[C@H](CN1C(=O)[C@@H](NC(=O)O[C@@H](c1ccccc1)C(F)(F)F)C(C)(C)C)[C@H]1C[C@@H]3[C@H](F)C1)Oc1cccnc1NC2=O. The standard InChI is InChI=1S/C36H41F4N5O6/c1-18-15-35(32(48)43-29-24(51-35)11-8-12-41-29)17-45(18)30(46)26-25-21-13-20(14-23(21)37)22(25)16-44(26)31(47)27(34(2,3)4)42-33(49)50-28(36(38,39)40)19-9-6-5-7-10-19/h5-12,18,20-23,25-28H,13-17H2,1-4H3,(H,42,49)(H,41,43,48)/t18-,20+,21-,22-,23-,25+,26+,27-,28+,35-/m1/s1. The molecule has 2 bridgehead atoms. The molecule has 1 aromatic heterocycles. The highest BCUT2D eigenvalue weighted by Gasteiger charge is 2.65. The van der Waals surface area contributed by atoms with Gasteiger partial charge in [0.05, 0.1) is 6.54 Å². The van der Waals surface area contributed by atoms with Crippen LogP contribution in [0.25, 0.3) is 0 Å². The number of pyridine rings is 1. The summed E-state index contributed by atoms with van der Waals surface area (Å²) < 4.78 is 68.6. The lowest BCUT2D eigenvalue weighted by Gasteiger charge is -2.39. The molecule has 1 aromatic carbocycles. The second-order valence-electron chi connectivity index (χ2n) is 15.7. The van der Waals surface area contributed by atoms with Gasteiger partial charge >= 0.3 is 12.3 Å². The highest BCUT2D eigenvalue weighted by molar-refractivity contribution is 6.01. The molecular weight excluding hydrogens is 674 g/mol. The molecule has 10 atom stereocenters. The summed E-state index contributed by atoms with van der Waals surface area (Å²) in [4.78, 5) is 63.0. The van der Waals surface area contributed by atoms with Crippen LogP contribution in [0.2, 0.25) is 0 Å². The number of carbonyl (C=O) groups is 4. The Morgan fingerprint density at radius 3 is 2.47 bits per heavy atom. The van der Waals surface area contributed by atoms with E-state index < -0.39 is 83.2 Å². The van der Waals surface area contributed by atoms with Gasteiger partial charge < -0.3 is 29.9 Å². The average Bonchev–Trinajstić information content (AvgIpc) is 3.81. The maximum absolute atomic E-state index is 15.4. The molecule has 4 fully saturated rings. The molecule has 1 spiro atoms. The van der Waals surface area contributed by atoms with Crippen LogP contribution in [0.5, 0.6) is 5.75 Å². The molecule has 0 radical (unpaired) electrons. The molecule has 2 aromatic rings. The Bertz CT molecular complexity index is 1720. The molecular formula is C36H41F4N5O6. The lowest BCUT2D eigenvalue weighted by Crippen LogP contribution is -2.60. The number of nitrogens with one attached hydrogen (secondary N) is 2. The summed E-state index contributed by atoms with van der Waals surface area (Å²) in [6.07, 6.45) is -7.54. The van der Waals surface area contributed by atoms with Gasteiger partial charge in [0.1, 0.15) is 18.3 Å². The van der Waals surface area contributed by atoms with Crippen molar-refractivity contribution in [2.45, 2.75) is 89.1 Å². The number of likely N-dealkylation sites (tertiary alicyclic amines) is 2. The van der Waals surface area contributed by atoms with Gasteiger partial charge in [-0.1, -0.05) is 51.1 Å². The number of nitrogens with zero attached hydrogens (tertiary/aromatic N) is 3. The Kier molecular flexibility index (Phi) is 8.48. The maximum atomic E-state index is 15.4. The number of carbonyl (C=O) groups excluding carboxylic acids is 4. The molecule has 3 aliphatic heterocycles. The number of ether oxygens (including phenoxy) is 2. The number of fused-ring (bicyclic) bond motifs is 6. The minimum absolute atomic E-state index is 0.0497. The quantitative estimate of drug-likeness (QED) is 0.416. The number of hydrogen-bond donors (Lipinski definition) is 2. The van der Waals surface area contributed by atoms with Crippen molar-refractivity contribution in [1.82, 2.24) is 20.1 Å². The third kappa shape index (κ3) is 6.05. The summed E-state index contributed by atoms with van der Waals surface area (Å²) in [5.41, 5.74) is -2.74. The molecule has 15 heteroatoms. The fourth-order valence-corrected chi connectivity index (χ4v) is 9.11. The average molecular weight is 716 g/mol. The number of alkyl carbamates (subject to hydrolysis) is 1. The number of rotatable bonds is 5.